The Kier molecular flexibility index (Phi) is 6.11. The lowest BCUT2D eigenvalue weighted by Gasteiger charge is -2.10. The number of para-hydroxylation sites is 2. The molecule has 0 spiro atoms. The van der Waals surface area contributed by atoms with Crippen molar-refractivity contribution >= 4 is 17.0 Å². The fraction of sp³-hybridized carbons (Fsp3) is 0.450. The summed E-state index contributed by atoms with van der Waals surface area (Å²) >= 11 is 0. The van der Waals surface area contributed by atoms with Crippen molar-refractivity contribution in [1.29, 1.82) is 0 Å². The largest absolute Gasteiger partial charge is 0.359 e. The van der Waals surface area contributed by atoms with Gasteiger partial charge in [-0.25, -0.2) is 4.98 Å². The van der Waals surface area contributed by atoms with E-state index >= 15 is 0 Å². The molecule has 2 aromatic heterocycles. The maximum Gasteiger partial charge on any atom is 0.191 e. The molecule has 0 fully saturated rings. The van der Waals surface area contributed by atoms with Gasteiger partial charge in [0.1, 0.15) is 5.82 Å². The van der Waals surface area contributed by atoms with E-state index in [-0.39, 0.29) is 0 Å². The minimum absolute atomic E-state index is 0.456. The third-order valence-corrected chi connectivity index (χ3v) is 4.93. The molecule has 3 rings (SSSR count). The number of rotatable bonds is 7. The Labute approximate surface area is 159 Å². The second-order valence-electron chi connectivity index (χ2n) is 6.59. The van der Waals surface area contributed by atoms with Gasteiger partial charge in [0.15, 0.2) is 11.7 Å². The van der Waals surface area contributed by atoms with Crippen LogP contribution in [0.5, 0.6) is 0 Å². The molecular formula is C20H28N6O. The van der Waals surface area contributed by atoms with E-state index < -0.39 is 0 Å². The number of fused-ring (bicyclic) bond motifs is 1. The predicted molar refractivity (Wildman–Crippen MR) is 108 cm³/mol. The highest BCUT2D eigenvalue weighted by Crippen LogP contribution is 2.22. The van der Waals surface area contributed by atoms with Crippen LogP contribution in [0.3, 0.4) is 0 Å². The third kappa shape index (κ3) is 4.30. The van der Waals surface area contributed by atoms with Crippen LogP contribution in [0, 0.1) is 0 Å². The summed E-state index contributed by atoms with van der Waals surface area (Å²) in [6.45, 7) is 5.47. The fourth-order valence-electron chi connectivity index (χ4n) is 3.22. The summed E-state index contributed by atoms with van der Waals surface area (Å²) in [6.07, 6.45) is 2.13. The SMILES string of the molecule is CCC(CC)c1cc(CNC(=NC)NCc2nc3ccccc3n2C)on1. The lowest BCUT2D eigenvalue weighted by molar-refractivity contribution is 0.368. The Morgan fingerprint density at radius 1 is 1.19 bits per heavy atom. The minimum Gasteiger partial charge on any atom is -0.359 e. The van der Waals surface area contributed by atoms with Gasteiger partial charge in [-0.05, 0) is 25.0 Å². The normalized spacial score (nSPS) is 12.1. The van der Waals surface area contributed by atoms with Gasteiger partial charge in [0, 0.05) is 26.1 Å². The lowest BCUT2D eigenvalue weighted by Crippen LogP contribution is -2.36. The number of imidazole rings is 1. The summed E-state index contributed by atoms with van der Waals surface area (Å²) in [4.78, 5) is 8.94. The molecule has 0 saturated heterocycles. The standard InChI is InChI=1S/C20H28N6O/c1-5-14(6-2)17-11-15(27-25-17)12-22-20(21-3)23-13-19-24-16-9-7-8-10-18(16)26(19)4/h7-11,14H,5-6,12-13H2,1-4H3,(H2,21,22,23). The first-order valence-electron chi connectivity index (χ1n) is 9.46. The first-order chi connectivity index (χ1) is 13.2. The summed E-state index contributed by atoms with van der Waals surface area (Å²) in [5, 5.41) is 10.8. The molecule has 2 heterocycles. The predicted octanol–water partition coefficient (Wildman–Crippen LogP) is 3.33. The average Bonchev–Trinajstić information content (AvgIpc) is 3.28. The smallest absolute Gasteiger partial charge is 0.191 e. The van der Waals surface area contributed by atoms with E-state index in [0.717, 1.165) is 41.2 Å². The van der Waals surface area contributed by atoms with Crippen molar-refractivity contribution in [3.05, 3.63) is 47.6 Å². The van der Waals surface area contributed by atoms with Gasteiger partial charge in [0.2, 0.25) is 0 Å². The Bertz CT molecular complexity index is 906. The molecule has 1 aromatic carbocycles. The molecule has 0 radical (unpaired) electrons. The molecule has 2 N–H and O–H groups in total. The maximum absolute atomic E-state index is 5.45. The van der Waals surface area contributed by atoms with Crippen LogP contribution in [0.2, 0.25) is 0 Å². The average molecular weight is 368 g/mol. The van der Waals surface area contributed by atoms with Crippen LogP contribution in [0.1, 0.15) is 49.9 Å². The summed E-state index contributed by atoms with van der Waals surface area (Å²) in [6, 6.07) is 10.1. The molecule has 0 amide bonds. The third-order valence-electron chi connectivity index (χ3n) is 4.93. The Morgan fingerprint density at radius 2 is 1.93 bits per heavy atom. The number of aliphatic imine (C=N–C) groups is 1. The first-order valence-corrected chi connectivity index (χ1v) is 9.46. The molecule has 7 nitrogen and oxygen atoms in total. The van der Waals surface area contributed by atoms with Crippen molar-refractivity contribution in [2.45, 2.75) is 45.7 Å². The van der Waals surface area contributed by atoms with E-state index in [4.69, 9.17) is 4.52 Å². The van der Waals surface area contributed by atoms with Crippen LogP contribution in [0.25, 0.3) is 11.0 Å². The number of benzene rings is 1. The van der Waals surface area contributed by atoms with Gasteiger partial charge in [0.25, 0.3) is 0 Å². The molecule has 0 aliphatic heterocycles. The Balaban J connectivity index is 1.57. The molecule has 0 unspecified atom stereocenters. The van der Waals surface area contributed by atoms with Gasteiger partial charge >= 0.3 is 0 Å². The Morgan fingerprint density at radius 3 is 2.63 bits per heavy atom. The van der Waals surface area contributed by atoms with Gasteiger partial charge in [-0.2, -0.15) is 0 Å². The number of hydrogen-bond donors (Lipinski definition) is 2. The van der Waals surface area contributed by atoms with Gasteiger partial charge in [-0.3, -0.25) is 4.99 Å². The molecular weight excluding hydrogens is 340 g/mol. The molecule has 0 aliphatic carbocycles. The molecule has 0 saturated carbocycles. The summed E-state index contributed by atoms with van der Waals surface area (Å²) in [7, 11) is 3.77. The first kappa shape index (κ1) is 18.9. The highest BCUT2D eigenvalue weighted by Gasteiger charge is 2.13. The summed E-state index contributed by atoms with van der Waals surface area (Å²) in [5.41, 5.74) is 3.14. The van der Waals surface area contributed by atoms with Crippen LogP contribution >= 0.6 is 0 Å². The molecule has 0 bridgehead atoms. The zero-order chi connectivity index (χ0) is 19.2. The molecule has 0 atom stereocenters. The second-order valence-corrected chi connectivity index (χ2v) is 6.59. The van der Waals surface area contributed by atoms with E-state index in [1.807, 2.05) is 31.3 Å². The van der Waals surface area contributed by atoms with Crippen molar-refractivity contribution in [2.75, 3.05) is 7.05 Å². The Hall–Kier alpha value is -2.83. The van der Waals surface area contributed by atoms with E-state index in [1.165, 1.54) is 0 Å². The molecule has 7 heteroatoms. The van der Waals surface area contributed by atoms with Crippen molar-refractivity contribution in [3.8, 4) is 0 Å². The van der Waals surface area contributed by atoms with E-state index in [9.17, 15) is 0 Å². The zero-order valence-corrected chi connectivity index (χ0v) is 16.5. The summed E-state index contributed by atoms with van der Waals surface area (Å²) in [5.74, 6) is 2.91. The van der Waals surface area contributed by atoms with Gasteiger partial charge in [-0.1, -0.05) is 31.1 Å². The number of aryl methyl sites for hydroxylation is 1. The van der Waals surface area contributed by atoms with Crippen molar-refractivity contribution < 1.29 is 4.52 Å². The van der Waals surface area contributed by atoms with Gasteiger partial charge < -0.3 is 19.7 Å². The van der Waals surface area contributed by atoms with Crippen LogP contribution in [-0.4, -0.2) is 27.7 Å². The van der Waals surface area contributed by atoms with E-state index in [0.29, 0.717) is 25.0 Å². The quantitative estimate of drug-likeness (QED) is 0.494. The number of aromatic nitrogens is 3. The van der Waals surface area contributed by atoms with Crippen LogP contribution in [-0.2, 0) is 20.1 Å². The minimum atomic E-state index is 0.456. The van der Waals surface area contributed by atoms with Crippen molar-refractivity contribution in [3.63, 3.8) is 0 Å². The molecule has 27 heavy (non-hydrogen) atoms. The van der Waals surface area contributed by atoms with Crippen LogP contribution < -0.4 is 10.6 Å². The molecule has 3 aromatic rings. The van der Waals surface area contributed by atoms with E-state index in [2.05, 4.69) is 50.2 Å². The second kappa shape index (κ2) is 8.70. The van der Waals surface area contributed by atoms with Gasteiger partial charge in [-0.15, -0.1) is 0 Å². The molecule has 0 aliphatic rings. The monoisotopic (exact) mass is 368 g/mol. The van der Waals surface area contributed by atoms with E-state index in [1.54, 1.807) is 7.05 Å². The van der Waals surface area contributed by atoms with Crippen LogP contribution in [0.15, 0.2) is 39.8 Å². The molecule has 144 valence electrons. The van der Waals surface area contributed by atoms with Gasteiger partial charge in [0.05, 0.1) is 29.8 Å². The highest BCUT2D eigenvalue weighted by atomic mass is 16.5. The van der Waals surface area contributed by atoms with Crippen molar-refractivity contribution in [2.24, 2.45) is 12.0 Å². The van der Waals surface area contributed by atoms with Crippen LogP contribution in [0.4, 0.5) is 0 Å². The number of nitrogens with one attached hydrogen (secondary N) is 2. The van der Waals surface area contributed by atoms with Crippen molar-refractivity contribution in [1.82, 2.24) is 25.3 Å². The number of hydrogen-bond acceptors (Lipinski definition) is 4. The lowest BCUT2D eigenvalue weighted by atomic mass is 9.99. The maximum atomic E-state index is 5.45. The zero-order valence-electron chi connectivity index (χ0n) is 16.5. The number of guanidine groups is 1. The highest BCUT2D eigenvalue weighted by molar-refractivity contribution is 5.80. The summed E-state index contributed by atoms with van der Waals surface area (Å²) < 4.78 is 7.55. The fourth-order valence-corrected chi connectivity index (χ4v) is 3.22. The topological polar surface area (TPSA) is 80.3 Å². The number of nitrogens with zero attached hydrogens (tertiary/aromatic N) is 4.